The van der Waals surface area contributed by atoms with Crippen molar-refractivity contribution in [3.05, 3.63) is 52.8 Å². The molecular weight excluding hydrogens is 296 g/mol. The van der Waals surface area contributed by atoms with Gasteiger partial charge in [0.05, 0.1) is 6.04 Å². The molecule has 7 nitrogen and oxygen atoms in total. The topological polar surface area (TPSA) is 107 Å². The quantitative estimate of drug-likeness (QED) is 0.501. The Labute approximate surface area is 134 Å². The van der Waals surface area contributed by atoms with Gasteiger partial charge in [0.1, 0.15) is 5.69 Å². The van der Waals surface area contributed by atoms with Crippen molar-refractivity contribution < 1.29 is 14.8 Å². The summed E-state index contributed by atoms with van der Waals surface area (Å²) in [5.74, 6) is -0.574. The Balaban J connectivity index is 2.04. The maximum Gasteiger partial charge on any atom is 0.274 e. The summed E-state index contributed by atoms with van der Waals surface area (Å²) in [5.41, 5.74) is 4.00. The van der Waals surface area contributed by atoms with Gasteiger partial charge in [-0.2, -0.15) is 5.10 Å². The van der Waals surface area contributed by atoms with Crippen LogP contribution in [0.5, 0.6) is 0 Å². The molecule has 4 N–H and O–H groups in total. The van der Waals surface area contributed by atoms with E-state index < -0.39 is 5.91 Å². The van der Waals surface area contributed by atoms with E-state index in [0.29, 0.717) is 11.3 Å². The Hall–Kier alpha value is -2.67. The maximum atomic E-state index is 12.2. The van der Waals surface area contributed by atoms with Crippen LogP contribution in [0.25, 0.3) is 0 Å². The van der Waals surface area contributed by atoms with Crippen molar-refractivity contribution in [2.45, 2.75) is 32.7 Å². The lowest BCUT2D eigenvalue weighted by molar-refractivity contribution is 0.0706. The van der Waals surface area contributed by atoms with Gasteiger partial charge in [0.2, 0.25) is 0 Å². The number of H-pyrrole nitrogens is 1. The monoisotopic (exact) mass is 316 g/mol. The smallest absolute Gasteiger partial charge is 0.274 e. The Morgan fingerprint density at radius 1 is 1.13 bits per heavy atom. The molecule has 0 aliphatic rings. The Morgan fingerprint density at radius 2 is 1.78 bits per heavy atom. The summed E-state index contributed by atoms with van der Waals surface area (Å²) in [6, 6.07) is 8.10. The van der Waals surface area contributed by atoms with Gasteiger partial charge in [-0.3, -0.25) is 19.9 Å². The van der Waals surface area contributed by atoms with Crippen LogP contribution in [0.15, 0.2) is 30.3 Å². The van der Waals surface area contributed by atoms with Crippen molar-refractivity contribution in [3.8, 4) is 0 Å². The SMILES string of the molecule is CC(C)c1cc(C(=O)NC(C)c2ccc(C(=O)NO)cc2)n[nH]1. The van der Waals surface area contributed by atoms with Crippen LogP contribution < -0.4 is 10.8 Å². The lowest BCUT2D eigenvalue weighted by atomic mass is 10.1. The third-order valence-corrected chi connectivity index (χ3v) is 3.57. The molecule has 0 saturated carbocycles. The average Bonchev–Trinajstić information content (AvgIpc) is 3.04. The zero-order chi connectivity index (χ0) is 17.0. The third-order valence-electron chi connectivity index (χ3n) is 3.57. The lowest BCUT2D eigenvalue weighted by Crippen LogP contribution is -2.27. The van der Waals surface area contributed by atoms with Gasteiger partial charge < -0.3 is 5.32 Å². The van der Waals surface area contributed by atoms with Gasteiger partial charge in [-0.15, -0.1) is 0 Å². The van der Waals surface area contributed by atoms with E-state index in [2.05, 4.69) is 15.5 Å². The maximum absolute atomic E-state index is 12.2. The summed E-state index contributed by atoms with van der Waals surface area (Å²) in [6.07, 6.45) is 0. The van der Waals surface area contributed by atoms with Crippen molar-refractivity contribution in [1.29, 1.82) is 0 Å². The zero-order valence-corrected chi connectivity index (χ0v) is 13.3. The van der Waals surface area contributed by atoms with E-state index >= 15 is 0 Å². The predicted molar refractivity (Wildman–Crippen MR) is 84.3 cm³/mol. The van der Waals surface area contributed by atoms with Crippen molar-refractivity contribution >= 4 is 11.8 Å². The number of hydroxylamine groups is 1. The minimum absolute atomic E-state index is 0.243. The predicted octanol–water partition coefficient (Wildman–Crippen LogP) is 2.14. The number of nitrogens with zero attached hydrogens (tertiary/aromatic N) is 1. The molecule has 2 amide bonds. The average molecular weight is 316 g/mol. The van der Waals surface area contributed by atoms with Crippen molar-refractivity contribution in [3.63, 3.8) is 0 Å². The van der Waals surface area contributed by atoms with E-state index in [9.17, 15) is 9.59 Å². The van der Waals surface area contributed by atoms with Crippen LogP contribution in [0.2, 0.25) is 0 Å². The minimum atomic E-state index is -0.578. The fourth-order valence-corrected chi connectivity index (χ4v) is 2.09. The van der Waals surface area contributed by atoms with Crippen molar-refractivity contribution in [2.24, 2.45) is 0 Å². The van der Waals surface area contributed by atoms with Crippen LogP contribution in [-0.2, 0) is 0 Å². The van der Waals surface area contributed by atoms with Gasteiger partial charge in [0, 0.05) is 11.3 Å². The second-order valence-electron chi connectivity index (χ2n) is 5.62. The summed E-state index contributed by atoms with van der Waals surface area (Å²) in [6.45, 7) is 5.87. The summed E-state index contributed by atoms with van der Waals surface area (Å²) in [7, 11) is 0. The summed E-state index contributed by atoms with van der Waals surface area (Å²) < 4.78 is 0. The first kappa shape index (κ1) is 16.7. The van der Waals surface area contributed by atoms with Crippen LogP contribution in [0.4, 0.5) is 0 Å². The molecule has 0 spiro atoms. The molecule has 0 fully saturated rings. The molecule has 0 aliphatic heterocycles. The highest BCUT2D eigenvalue weighted by Crippen LogP contribution is 2.16. The van der Waals surface area contributed by atoms with Crippen LogP contribution in [0.1, 0.15) is 64.8 Å². The van der Waals surface area contributed by atoms with Crippen LogP contribution in [0, 0.1) is 0 Å². The number of aromatic nitrogens is 2. The van der Waals surface area contributed by atoms with Gasteiger partial charge in [0.25, 0.3) is 11.8 Å². The molecule has 122 valence electrons. The molecule has 1 atom stereocenters. The number of carbonyl (C=O) groups is 2. The molecule has 1 unspecified atom stereocenters. The first-order valence-electron chi connectivity index (χ1n) is 7.33. The summed E-state index contributed by atoms with van der Waals surface area (Å²) in [5, 5.41) is 18.3. The number of nitrogens with one attached hydrogen (secondary N) is 3. The Kier molecular flexibility index (Phi) is 5.13. The number of benzene rings is 1. The van der Waals surface area contributed by atoms with Gasteiger partial charge >= 0.3 is 0 Å². The number of rotatable bonds is 5. The molecule has 23 heavy (non-hydrogen) atoms. The molecule has 1 aromatic carbocycles. The van der Waals surface area contributed by atoms with E-state index in [0.717, 1.165) is 11.3 Å². The van der Waals surface area contributed by atoms with Gasteiger partial charge in [-0.05, 0) is 36.6 Å². The molecule has 1 aromatic heterocycles. The normalized spacial score (nSPS) is 12.0. The first-order chi connectivity index (χ1) is 10.9. The summed E-state index contributed by atoms with van der Waals surface area (Å²) >= 11 is 0. The molecular formula is C16H20N4O3. The molecule has 0 radical (unpaired) electrons. The van der Waals surface area contributed by atoms with Crippen LogP contribution >= 0.6 is 0 Å². The minimum Gasteiger partial charge on any atom is -0.344 e. The molecule has 7 heteroatoms. The van der Waals surface area contributed by atoms with Crippen LogP contribution in [0.3, 0.4) is 0 Å². The second-order valence-corrected chi connectivity index (χ2v) is 5.62. The first-order valence-corrected chi connectivity index (χ1v) is 7.33. The zero-order valence-electron chi connectivity index (χ0n) is 13.3. The highest BCUT2D eigenvalue weighted by atomic mass is 16.5. The van der Waals surface area contributed by atoms with Crippen molar-refractivity contribution in [2.75, 3.05) is 0 Å². The third kappa shape index (κ3) is 3.95. The number of amides is 2. The van der Waals surface area contributed by atoms with Gasteiger partial charge in [-0.1, -0.05) is 26.0 Å². The van der Waals surface area contributed by atoms with E-state index in [-0.39, 0.29) is 17.9 Å². The molecule has 2 rings (SSSR count). The molecule has 0 bridgehead atoms. The number of hydrogen-bond donors (Lipinski definition) is 4. The second kappa shape index (κ2) is 7.06. The molecule has 0 saturated heterocycles. The highest BCUT2D eigenvalue weighted by molar-refractivity contribution is 5.93. The number of aromatic amines is 1. The standard InChI is InChI=1S/C16H20N4O3/c1-9(2)13-8-14(19-18-13)16(22)17-10(3)11-4-6-12(7-5-11)15(21)20-23/h4-10,23H,1-3H3,(H,17,22)(H,18,19)(H,20,21). The molecule has 1 heterocycles. The number of hydrogen-bond acceptors (Lipinski definition) is 4. The van der Waals surface area contributed by atoms with E-state index in [1.807, 2.05) is 20.8 Å². The van der Waals surface area contributed by atoms with E-state index in [1.165, 1.54) is 0 Å². The molecule has 2 aromatic rings. The van der Waals surface area contributed by atoms with Crippen LogP contribution in [-0.4, -0.2) is 27.2 Å². The Morgan fingerprint density at radius 3 is 2.30 bits per heavy atom. The fourth-order valence-electron chi connectivity index (χ4n) is 2.09. The summed E-state index contributed by atoms with van der Waals surface area (Å²) in [4.78, 5) is 23.5. The van der Waals surface area contributed by atoms with E-state index in [1.54, 1.807) is 35.8 Å². The highest BCUT2D eigenvalue weighted by Gasteiger charge is 2.15. The molecule has 0 aliphatic carbocycles. The lowest BCUT2D eigenvalue weighted by Gasteiger charge is -2.13. The number of carbonyl (C=O) groups excluding carboxylic acids is 2. The fraction of sp³-hybridized carbons (Fsp3) is 0.312. The van der Waals surface area contributed by atoms with E-state index in [4.69, 9.17) is 5.21 Å². The largest absolute Gasteiger partial charge is 0.344 e. The van der Waals surface area contributed by atoms with Gasteiger partial charge in [-0.25, -0.2) is 5.48 Å². The van der Waals surface area contributed by atoms with Gasteiger partial charge in [0.15, 0.2) is 0 Å². The van der Waals surface area contributed by atoms with Crippen molar-refractivity contribution in [1.82, 2.24) is 21.0 Å². The Bertz CT molecular complexity index is 692.